The lowest BCUT2D eigenvalue weighted by Crippen LogP contribution is -2.27. The minimum absolute atomic E-state index is 0.147. The van der Waals surface area contributed by atoms with Crippen LogP contribution in [0, 0.1) is 11.8 Å². The van der Waals surface area contributed by atoms with E-state index < -0.39 is 23.4 Å². The Bertz CT molecular complexity index is 1120. The van der Waals surface area contributed by atoms with Crippen LogP contribution in [0.25, 0.3) is 16.8 Å². The average molecular weight is 495 g/mol. The SMILES string of the molecule is CC(C)(C)OC(N)=O.CC(C)CC(C)COc1ccc(-c2cnn3cccnc23)cc1C(F)(F)F. The largest absolute Gasteiger partial charge is 0.493 e. The van der Waals surface area contributed by atoms with Crippen LogP contribution in [-0.4, -0.2) is 32.9 Å². The molecule has 0 aliphatic carbocycles. The molecule has 2 N–H and O–H groups in total. The molecule has 1 atom stereocenters. The Kier molecular flexibility index (Phi) is 9.12. The Labute approximate surface area is 203 Å². The fraction of sp³-hybridized carbons (Fsp3) is 0.480. The molecule has 2 aromatic heterocycles. The van der Waals surface area contributed by atoms with Gasteiger partial charge in [-0.1, -0.05) is 26.8 Å². The number of alkyl halides is 3. The topological polar surface area (TPSA) is 91.7 Å². The van der Waals surface area contributed by atoms with Crippen molar-refractivity contribution >= 4 is 11.7 Å². The van der Waals surface area contributed by atoms with E-state index in [4.69, 9.17) is 10.5 Å². The maximum atomic E-state index is 13.6. The zero-order valence-electron chi connectivity index (χ0n) is 20.9. The second-order valence-electron chi connectivity index (χ2n) is 9.73. The Morgan fingerprint density at radius 1 is 1.17 bits per heavy atom. The number of hydrogen-bond donors (Lipinski definition) is 1. The second-order valence-corrected chi connectivity index (χ2v) is 9.73. The van der Waals surface area contributed by atoms with E-state index in [1.54, 1.807) is 45.3 Å². The van der Waals surface area contributed by atoms with Gasteiger partial charge >= 0.3 is 12.3 Å². The summed E-state index contributed by atoms with van der Waals surface area (Å²) >= 11 is 0. The highest BCUT2D eigenvalue weighted by atomic mass is 19.4. The summed E-state index contributed by atoms with van der Waals surface area (Å²) in [6, 6.07) is 5.81. The lowest BCUT2D eigenvalue weighted by molar-refractivity contribution is -0.139. The number of halogens is 3. The molecular formula is C25H33F3N4O3. The predicted octanol–water partition coefficient (Wildman–Crippen LogP) is 6.36. The first-order chi connectivity index (χ1) is 16.2. The van der Waals surface area contributed by atoms with E-state index in [0.717, 1.165) is 12.5 Å². The van der Waals surface area contributed by atoms with Gasteiger partial charge in [-0.15, -0.1) is 0 Å². The fourth-order valence-electron chi connectivity index (χ4n) is 3.48. The molecule has 1 amide bonds. The Hall–Kier alpha value is -3.30. The number of primary amides is 1. The molecule has 1 aromatic carbocycles. The molecule has 2 heterocycles. The quantitative estimate of drug-likeness (QED) is 0.431. The summed E-state index contributed by atoms with van der Waals surface area (Å²) in [5.74, 6) is 0.497. The van der Waals surface area contributed by atoms with E-state index in [0.29, 0.717) is 22.7 Å². The van der Waals surface area contributed by atoms with E-state index in [9.17, 15) is 18.0 Å². The van der Waals surface area contributed by atoms with Crippen LogP contribution in [0.3, 0.4) is 0 Å². The van der Waals surface area contributed by atoms with Crippen molar-refractivity contribution in [2.24, 2.45) is 17.6 Å². The van der Waals surface area contributed by atoms with Gasteiger partial charge < -0.3 is 15.2 Å². The molecule has 0 aliphatic rings. The van der Waals surface area contributed by atoms with Crippen LogP contribution in [0.4, 0.5) is 18.0 Å². The van der Waals surface area contributed by atoms with Crippen LogP contribution in [0.15, 0.2) is 42.9 Å². The average Bonchev–Trinajstić information content (AvgIpc) is 3.14. The smallest absolute Gasteiger partial charge is 0.419 e. The van der Waals surface area contributed by atoms with E-state index >= 15 is 0 Å². The van der Waals surface area contributed by atoms with Crippen molar-refractivity contribution in [2.75, 3.05) is 6.61 Å². The van der Waals surface area contributed by atoms with Crippen molar-refractivity contribution in [3.63, 3.8) is 0 Å². The second kappa shape index (κ2) is 11.4. The summed E-state index contributed by atoms with van der Waals surface area (Å²) in [6.45, 7) is 11.7. The number of amides is 1. The van der Waals surface area contributed by atoms with Gasteiger partial charge in [-0.25, -0.2) is 14.3 Å². The zero-order chi connectivity index (χ0) is 26.4. The fourth-order valence-corrected chi connectivity index (χ4v) is 3.48. The summed E-state index contributed by atoms with van der Waals surface area (Å²) in [7, 11) is 0. The van der Waals surface area contributed by atoms with Crippen molar-refractivity contribution in [1.82, 2.24) is 14.6 Å². The van der Waals surface area contributed by atoms with Gasteiger partial charge in [0.05, 0.1) is 18.4 Å². The number of benzene rings is 1. The molecular weight excluding hydrogens is 461 g/mol. The van der Waals surface area contributed by atoms with Gasteiger partial charge in [-0.2, -0.15) is 18.3 Å². The van der Waals surface area contributed by atoms with Gasteiger partial charge in [-0.05, 0) is 62.8 Å². The first-order valence-electron chi connectivity index (χ1n) is 11.3. The van der Waals surface area contributed by atoms with Gasteiger partial charge in [-0.3, -0.25) is 0 Å². The van der Waals surface area contributed by atoms with Crippen LogP contribution >= 0.6 is 0 Å². The third-order valence-electron chi connectivity index (χ3n) is 4.68. The number of nitrogens with zero attached hydrogens (tertiary/aromatic N) is 3. The van der Waals surface area contributed by atoms with Gasteiger partial charge in [0.2, 0.25) is 0 Å². The summed E-state index contributed by atoms with van der Waals surface area (Å²) in [5.41, 5.74) is 4.93. The van der Waals surface area contributed by atoms with Crippen molar-refractivity contribution in [1.29, 1.82) is 0 Å². The first kappa shape index (κ1) is 27.9. The Morgan fingerprint density at radius 3 is 2.40 bits per heavy atom. The maximum absolute atomic E-state index is 13.6. The van der Waals surface area contributed by atoms with Crippen LogP contribution < -0.4 is 10.5 Å². The van der Waals surface area contributed by atoms with Crippen molar-refractivity contribution in [3.05, 3.63) is 48.4 Å². The van der Waals surface area contributed by atoms with Crippen LogP contribution in [-0.2, 0) is 10.9 Å². The van der Waals surface area contributed by atoms with Gasteiger partial charge in [0, 0.05) is 18.0 Å². The number of carbonyl (C=O) groups excluding carboxylic acids is 1. The highest BCUT2D eigenvalue weighted by Crippen LogP contribution is 2.39. The van der Waals surface area contributed by atoms with E-state index in [-0.39, 0.29) is 18.3 Å². The Morgan fingerprint density at radius 2 is 1.86 bits per heavy atom. The minimum Gasteiger partial charge on any atom is -0.493 e. The van der Waals surface area contributed by atoms with E-state index in [1.165, 1.54) is 16.8 Å². The van der Waals surface area contributed by atoms with Crippen LogP contribution in [0.1, 0.15) is 53.5 Å². The molecule has 1 unspecified atom stereocenters. The lowest BCUT2D eigenvalue weighted by atomic mass is 10.00. The summed E-state index contributed by atoms with van der Waals surface area (Å²) in [6.07, 6.45) is 0.458. The molecule has 0 saturated heterocycles. The molecule has 7 nitrogen and oxygen atoms in total. The molecule has 0 bridgehead atoms. The number of fused-ring (bicyclic) bond motifs is 1. The lowest BCUT2D eigenvalue weighted by Gasteiger charge is -2.18. The summed E-state index contributed by atoms with van der Waals surface area (Å²) in [4.78, 5) is 14.2. The number of ether oxygens (including phenoxy) is 2. The summed E-state index contributed by atoms with van der Waals surface area (Å²) in [5, 5.41) is 4.14. The van der Waals surface area contributed by atoms with E-state index in [2.05, 4.69) is 28.7 Å². The highest BCUT2D eigenvalue weighted by Gasteiger charge is 2.35. The minimum atomic E-state index is -4.51. The molecule has 0 aliphatic heterocycles. The Balaban J connectivity index is 0.000000466. The normalized spacial score (nSPS) is 12.7. The highest BCUT2D eigenvalue weighted by molar-refractivity contribution is 5.77. The monoisotopic (exact) mass is 494 g/mol. The van der Waals surface area contributed by atoms with Crippen molar-refractivity contribution < 1.29 is 27.4 Å². The number of rotatable bonds is 6. The van der Waals surface area contributed by atoms with E-state index in [1.807, 2.05) is 6.92 Å². The molecule has 0 spiro atoms. The predicted molar refractivity (Wildman–Crippen MR) is 128 cm³/mol. The third kappa shape index (κ3) is 8.77. The van der Waals surface area contributed by atoms with Gasteiger partial charge in [0.1, 0.15) is 11.4 Å². The molecule has 3 aromatic rings. The maximum Gasteiger partial charge on any atom is 0.419 e. The zero-order valence-corrected chi connectivity index (χ0v) is 20.9. The standard InChI is InChI=1S/C20H22F3N3O.C5H11NO2/c1-13(2)9-14(3)12-27-18-6-5-15(10-17(18)20(21,22)23)16-11-25-26-8-4-7-24-19(16)26;1-5(2,3)8-4(6)7/h4-8,10-11,13-14H,9,12H2,1-3H3;1-3H3,(H2,6,7). The van der Waals surface area contributed by atoms with Gasteiger partial charge in [0.25, 0.3) is 0 Å². The number of hydrogen-bond acceptors (Lipinski definition) is 5. The van der Waals surface area contributed by atoms with Gasteiger partial charge in [0.15, 0.2) is 5.65 Å². The summed E-state index contributed by atoms with van der Waals surface area (Å²) < 4.78 is 52.4. The van der Waals surface area contributed by atoms with Crippen LogP contribution in [0.5, 0.6) is 5.75 Å². The molecule has 0 radical (unpaired) electrons. The molecule has 0 fully saturated rings. The number of carbonyl (C=O) groups is 1. The molecule has 192 valence electrons. The number of nitrogens with two attached hydrogens (primary N) is 1. The number of aromatic nitrogens is 3. The first-order valence-corrected chi connectivity index (χ1v) is 11.3. The molecule has 10 heteroatoms. The molecule has 35 heavy (non-hydrogen) atoms. The third-order valence-corrected chi connectivity index (χ3v) is 4.68. The molecule has 3 rings (SSSR count). The van der Waals surface area contributed by atoms with Crippen molar-refractivity contribution in [2.45, 2.75) is 59.7 Å². The van der Waals surface area contributed by atoms with Crippen molar-refractivity contribution in [3.8, 4) is 16.9 Å². The molecule has 0 saturated carbocycles. The van der Waals surface area contributed by atoms with Crippen LogP contribution in [0.2, 0.25) is 0 Å².